The number of nitrogens with one attached hydrogen (secondary N) is 1. The smallest absolute Gasteiger partial charge is 0.475 e. The van der Waals surface area contributed by atoms with Crippen LogP contribution in [0, 0.1) is 12.8 Å². The van der Waals surface area contributed by atoms with Crippen molar-refractivity contribution in [1.82, 2.24) is 14.9 Å². The molecule has 0 spiro atoms. The van der Waals surface area contributed by atoms with Crippen molar-refractivity contribution in [2.24, 2.45) is 5.92 Å². The number of amides is 1. The van der Waals surface area contributed by atoms with Crippen LogP contribution in [0.4, 0.5) is 19.0 Å². The molecule has 32 heavy (non-hydrogen) atoms. The molecule has 0 saturated carbocycles. The van der Waals surface area contributed by atoms with Crippen LogP contribution in [0.2, 0.25) is 0 Å². The van der Waals surface area contributed by atoms with Crippen molar-refractivity contribution < 1.29 is 37.0 Å². The van der Waals surface area contributed by atoms with Gasteiger partial charge in [0.1, 0.15) is 11.5 Å². The predicted octanol–water partition coefficient (Wildman–Crippen LogP) is 2.63. The first kappa shape index (κ1) is 23.7. The van der Waals surface area contributed by atoms with Crippen LogP contribution in [-0.4, -0.2) is 63.3 Å². The van der Waals surface area contributed by atoms with E-state index in [9.17, 15) is 18.0 Å². The number of piperidine rings is 1. The highest BCUT2D eigenvalue weighted by atomic mass is 19.4. The Morgan fingerprint density at radius 3 is 2.66 bits per heavy atom. The van der Waals surface area contributed by atoms with Gasteiger partial charge in [-0.05, 0) is 31.9 Å². The zero-order valence-corrected chi connectivity index (χ0v) is 17.2. The molecule has 0 radical (unpaired) electrons. The molecule has 2 aliphatic rings. The van der Waals surface area contributed by atoms with Crippen LogP contribution in [0.1, 0.15) is 24.4 Å². The van der Waals surface area contributed by atoms with Crippen molar-refractivity contribution in [3.63, 3.8) is 0 Å². The molecule has 0 bridgehead atoms. The largest absolute Gasteiger partial charge is 0.490 e. The number of furan rings is 1. The topological polar surface area (TPSA) is 118 Å². The molecule has 2 saturated heterocycles. The number of halogens is 3. The number of likely N-dealkylation sites (tertiary alicyclic amines) is 1. The second kappa shape index (κ2) is 10.1. The maximum absolute atomic E-state index is 12.7. The highest BCUT2D eigenvalue weighted by molar-refractivity contribution is 5.91. The molecule has 0 unspecified atom stereocenters. The molecule has 3 atom stereocenters. The molecule has 4 heterocycles. The number of rotatable bonds is 4. The lowest BCUT2D eigenvalue weighted by atomic mass is 9.89. The Morgan fingerprint density at radius 1 is 1.31 bits per heavy atom. The monoisotopic (exact) mass is 456 g/mol. The summed E-state index contributed by atoms with van der Waals surface area (Å²) in [7, 11) is 0. The molecular formula is C20H23F3N4O5. The van der Waals surface area contributed by atoms with Crippen LogP contribution in [0.15, 0.2) is 35.1 Å². The van der Waals surface area contributed by atoms with Crippen molar-refractivity contribution in [3.8, 4) is 0 Å². The molecule has 2 aliphatic heterocycles. The van der Waals surface area contributed by atoms with E-state index in [1.54, 1.807) is 18.6 Å². The molecule has 2 aromatic rings. The fourth-order valence-electron chi connectivity index (χ4n) is 3.79. The van der Waals surface area contributed by atoms with E-state index in [4.69, 9.17) is 19.1 Å². The summed E-state index contributed by atoms with van der Waals surface area (Å²) in [6.45, 7) is 4.09. The Balaban J connectivity index is 0.000000360. The quantitative estimate of drug-likeness (QED) is 0.721. The number of anilines is 1. The fourth-order valence-corrected chi connectivity index (χ4v) is 3.79. The molecular weight excluding hydrogens is 433 g/mol. The third kappa shape index (κ3) is 6.26. The minimum Gasteiger partial charge on any atom is -0.475 e. The summed E-state index contributed by atoms with van der Waals surface area (Å²) in [4.78, 5) is 32.0. The van der Waals surface area contributed by atoms with E-state index in [-0.39, 0.29) is 17.9 Å². The number of nitrogens with zero attached hydrogens (tertiary/aromatic N) is 3. The van der Waals surface area contributed by atoms with Crippen molar-refractivity contribution in [2.45, 2.75) is 44.6 Å². The molecule has 0 aromatic carbocycles. The van der Waals surface area contributed by atoms with Crippen molar-refractivity contribution in [3.05, 3.63) is 42.2 Å². The van der Waals surface area contributed by atoms with Crippen LogP contribution in [0.25, 0.3) is 0 Å². The second-order valence-corrected chi connectivity index (χ2v) is 7.52. The number of carboxylic acids is 1. The first-order chi connectivity index (χ1) is 15.1. The molecule has 12 heteroatoms. The minimum absolute atomic E-state index is 0.0323. The lowest BCUT2D eigenvalue weighted by Crippen LogP contribution is -2.51. The Hall–Kier alpha value is -2.99. The summed E-state index contributed by atoms with van der Waals surface area (Å²) in [5.41, 5.74) is 0. The van der Waals surface area contributed by atoms with Gasteiger partial charge in [-0.2, -0.15) is 13.2 Å². The number of alkyl halides is 3. The Morgan fingerprint density at radius 2 is 2.06 bits per heavy atom. The van der Waals surface area contributed by atoms with E-state index >= 15 is 0 Å². The highest BCUT2D eigenvalue weighted by Crippen LogP contribution is 2.33. The molecule has 0 aliphatic carbocycles. The summed E-state index contributed by atoms with van der Waals surface area (Å²) < 4.78 is 43.3. The van der Waals surface area contributed by atoms with Gasteiger partial charge in [-0.15, -0.1) is 0 Å². The zero-order valence-electron chi connectivity index (χ0n) is 17.2. The average molecular weight is 456 g/mol. The van der Waals surface area contributed by atoms with Crippen molar-refractivity contribution >= 4 is 17.7 Å². The summed E-state index contributed by atoms with van der Waals surface area (Å²) in [6, 6.07) is 4.33. The molecule has 2 N–H and O–H groups in total. The third-order valence-corrected chi connectivity index (χ3v) is 5.20. The number of hydrogen-bond acceptors (Lipinski definition) is 7. The Bertz CT molecular complexity index is 921. The Kier molecular flexibility index (Phi) is 7.46. The van der Waals surface area contributed by atoms with Crippen LogP contribution < -0.4 is 5.32 Å². The van der Waals surface area contributed by atoms with Gasteiger partial charge in [0.05, 0.1) is 24.8 Å². The first-order valence-corrected chi connectivity index (χ1v) is 9.91. The Labute approximate surface area is 181 Å². The van der Waals surface area contributed by atoms with Gasteiger partial charge in [-0.3, -0.25) is 14.7 Å². The van der Waals surface area contributed by atoms with E-state index in [2.05, 4.69) is 20.2 Å². The molecule has 4 rings (SSSR count). The van der Waals surface area contributed by atoms with Crippen LogP contribution >= 0.6 is 0 Å². The van der Waals surface area contributed by atoms with Gasteiger partial charge in [0, 0.05) is 31.6 Å². The van der Waals surface area contributed by atoms with Crippen molar-refractivity contribution in [1.29, 1.82) is 0 Å². The summed E-state index contributed by atoms with van der Waals surface area (Å²) in [6.07, 6.45) is 1.47. The number of aryl methyl sites for hydroxylation is 1. The molecule has 174 valence electrons. The van der Waals surface area contributed by atoms with Gasteiger partial charge in [0.2, 0.25) is 5.91 Å². The van der Waals surface area contributed by atoms with E-state index in [1.807, 2.05) is 19.1 Å². The van der Waals surface area contributed by atoms with Crippen LogP contribution in [-0.2, 0) is 20.9 Å². The fraction of sp³-hybridized carbons (Fsp3) is 0.500. The van der Waals surface area contributed by atoms with Gasteiger partial charge in [0.25, 0.3) is 0 Å². The SMILES string of the molecule is Cc1ccc(CN2C[C@@H](C(=O)Nc3cnccn3)C[C@H]3OCC[C@H]32)o1.O=C(O)C(F)(F)F. The minimum atomic E-state index is -5.08. The number of hydrogen-bond donors (Lipinski definition) is 2. The van der Waals surface area contributed by atoms with Crippen LogP contribution in [0.5, 0.6) is 0 Å². The number of carbonyl (C=O) groups excluding carboxylic acids is 1. The van der Waals surface area contributed by atoms with Gasteiger partial charge < -0.3 is 19.6 Å². The zero-order chi connectivity index (χ0) is 23.3. The summed E-state index contributed by atoms with van der Waals surface area (Å²) >= 11 is 0. The third-order valence-electron chi connectivity index (χ3n) is 5.20. The van der Waals surface area contributed by atoms with Gasteiger partial charge in [0.15, 0.2) is 5.82 Å². The second-order valence-electron chi connectivity index (χ2n) is 7.52. The lowest BCUT2D eigenvalue weighted by Gasteiger charge is -2.39. The van der Waals surface area contributed by atoms with Crippen molar-refractivity contribution in [2.75, 3.05) is 18.5 Å². The summed E-state index contributed by atoms with van der Waals surface area (Å²) in [5, 5.41) is 9.99. The predicted molar refractivity (Wildman–Crippen MR) is 104 cm³/mol. The highest BCUT2D eigenvalue weighted by Gasteiger charge is 2.42. The molecule has 2 aromatic heterocycles. The van der Waals surface area contributed by atoms with Gasteiger partial charge >= 0.3 is 12.1 Å². The first-order valence-electron chi connectivity index (χ1n) is 9.91. The van der Waals surface area contributed by atoms with E-state index in [0.29, 0.717) is 24.9 Å². The summed E-state index contributed by atoms with van der Waals surface area (Å²) in [5.74, 6) is -0.614. The van der Waals surface area contributed by atoms with Crippen LogP contribution in [0.3, 0.4) is 0 Å². The number of carboxylic acid groups (broad SMARTS) is 1. The molecule has 1 amide bonds. The maximum Gasteiger partial charge on any atom is 0.490 e. The molecule has 9 nitrogen and oxygen atoms in total. The maximum atomic E-state index is 12.7. The van der Waals surface area contributed by atoms with Gasteiger partial charge in [-0.25, -0.2) is 9.78 Å². The van der Waals surface area contributed by atoms with E-state index in [1.165, 1.54) is 0 Å². The lowest BCUT2D eigenvalue weighted by molar-refractivity contribution is -0.192. The molecule has 2 fully saturated rings. The van der Waals surface area contributed by atoms with E-state index in [0.717, 1.165) is 31.0 Å². The number of aromatic nitrogens is 2. The number of fused-ring (bicyclic) bond motifs is 1. The normalized spacial score (nSPS) is 23.1. The number of ether oxygens (including phenoxy) is 1. The van der Waals surface area contributed by atoms with E-state index < -0.39 is 12.1 Å². The average Bonchev–Trinajstić information content (AvgIpc) is 3.37. The number of carbonyl (C=O) groups is 2. The number of aliphatic carboxylic acids is 1. The standard InChI is InChI=1S/C18H22N4O3.C2HF3O2/c1-12-2-3-14(25-12)11-22-10-13(8-16-15(22)4-7-24-16)18(23)21-17-9-19-5-6-20-17;3-2(4,5)1(6)7/h2-3,5-6,9,13,15-16H,4,7-8,10-11H2,1H3,(H,20,21,23);(H,6,7)/t13-,15+,16+;/m0./s1. The van der Waals surface area contributed by atoms with Gasteiger partial charge in [-0.1, -0.05) is 0 Å².